The first-order chi connectivity index (χ1) is 12.5. The maximum Gasteiger partial charge on any atom is 0.223 e. The standard InChI is InChI=1S/C21H25FN2OS/c1-15-11-16(2)13-19(12-15)26-24-9-7-17(8-10-24)21(25)23-14-18-5-3-4-6-20(18)22/h3-6,11-13,17H,7-10,14H2,1-2H3,(H,23,25). The number of aryl methyl sites for hydroxylation is 2. The van der Waals surface area contributed by atoms with Crippen LogP contribution in [0.1, 0.15) is 29.5 Å². The Hall–Kier alpha value is -1.85. The van der Waals surface area contributed by atoms with Crippen molar-refractivity contribution in [1.29, 1.82) is 0 Å². The van der Waals surface area contributed by atoms with Gasteiger partial charge in [0.15, 0.2) is 0 Å². The lowest BCUT2D eigenvalue weighted by Crippen LogP contribution is -2.38. The van der Waals surface area contributed by atoms with E-state index in [1.165, 1.54) is 22.1 Å². The summed E-state index contributed by atoms with van der Waals surface area (Å²) in [5.41, 5.74) is 3.08. The van der Waals surface area contributed by atoms with Crippen molar-refractivity contribution in [2.24, 2.45) is 5.92 Å². The van der Waals surface area contributed by atoms with E-state index in [1.54, 1.807) is 30.1 Å². The van der Waals surface area contributed by atoms with E-state index in [0.717, 1.165) is 25.9 Å². The summed E-state index contributed by atoms with van der Waals surface area (Å²) in [5.74, 6) is -0.227. The van der Waals surface area contributed by atoms with Crippen LogP contribution in [0.5, 0.6) is 0 Å². The molecule has 1 fully saturated rings. The van der Waals surface area contributed by atoms with Crippen molar-refractivity contribution >= 4 is 17.9 Å². The zero-order valence-electron chi connectivity index (χ0n) is 15.3. The molecule has 1 N–H and O–H groups in total. The first kappa shape index (κ1) is 18.9. The van der Waals surface area contributed by atoms with Crippen LogP contribution in [0.4, 0.5) is 4.39 Å². The largest absolute Gasteiger partial charge is 0.352 e. The van der Waals surface area contributed by atoms with Crippen LogP contribution in [0.15, 0.2) is 47.4 Å². The molecule has 0 saturated carbocycles. The molecule has 1 aliphatic rings. The van der Waals surface area contributed by atoms with Crippen molar-refractivity contribution < 1.29 is 9.18 Å². The summed E-state index contributed by atoms with van der Waals surface area (Å²) >= 11 is 1.77. The normalized spacial score (nSPS) is 15.8. The van der Waals surface area contributed by atoms with Gasteiger partial charge >= 0.3 is 0 Å². The van der Waals surface area contributed by atoms with Gasteiger partial charge in [-0.05, 0) is 68.0 Å². The smallest absolute Gasteiger partial charge is 0.223 e. The van der Waals surface area contributed by atoms with E-state index in [9.17, 15) is 9.18 Å². The number of amides is 1. The molecule has 0 aromatic heterocycles. The highest BCUT2D eigenvalue weighted by molar-refractivity contribution is 7.97. The maximum absolute atomic E-state index is 13.6. The molecule has 1 amide bonds. The van der Waals surface area contributed by atoms with Gasteiger partial charge in [0.2, 0.25) is 5.91 Å². The van der Waals surface area contributed by atoms with E-state index in [1.807, 2.05) is 0 Å². The Morgan fingerprint density at radius 1 is 1.15 bits per heavy atom. The Balaban J connectivity index is 1.47. The number of benzene rings is 2. The molecule has 2 aromatic carbocycles. The molecule has 2 aromatic rings. The third-order valence-electron chi connectivity index (χ3n) is 4.67. The van der Waals surface area contributed by atoms with Gasteiger partial charge in [0.25, 0.3) is 0 Å². The third-order valence-corrected chi connectivity index (χ3v) is 5.74. The molecule has 1 aliphatic heterocycles. The van der Waals surface area contributed by atoms with Gasteiger partial charge in [-0.25, -0.2) is 8.70 Å². The Morgan fingerprint density at radius 2 is 1.81 bits per heavy atom. The minimum absolute atomic E-state index is 0.0119. The Morgan fingerprint density at radius 3 is 2.46 bits per heavy atom. The molecule has 0 radical (unpaired) electrons. The van der Waals surface area contributed by atoms with Gasteiger partial charge in [-0.3, -0.25) is 4.79 Å². The van der Waals surface area contributed by atoms with Gasteiger partial charge in [0, 0.05) is 36.0 Å². The van der Waals surface area contributed by atoms with Crippen molar-refractivity contribution in [3.63, 3.8) is 0 Å². The number of carbonyl (C=O) groups excluding carboxylic acids is 1. The molecule has 0 spiro atoms. The average Bonchev–Trinajstić information content (AvgIpc) is 2.60. The topological polar surface area (TPSA) is 32.3 Å². The summed E-state index contributed by atoms with van der Waals surface area (Å²) in [6.07, 6.45) is 1.67. The van der Waals surface area contributed by atoms with E-state index >= 15 is 0 Å². The number of piperidine rings is 1. The van der Waals surface area contributed by atoms with E-state index in [0.29, 0.717) is 5.56 Å². The Labute approximate surface area is 159 Å². The fourth-order valence-corrected chi connectivity index (χ4v) is 4.48. The fourth-order valence-electron chi connectivity index (χ4n) is 3.31. The Bertz CT molecular complexity index is 752. The van der Waals surface area contributed by atoms with Crippen LogP contribution in [0.2, 0.25) is 0 Å². The summed E-state index contributed by atoms with van der Waals surface area (Å²) in [4.78, 5) is 13.6. The third kappa shape index (κ3) is 5.08. The lowest BCUT2D eigenvalue weighted by atomic mass is 9.97. The summed E-state index contributed by atoms with van der Waals surface area (Å²) in [5, 5.41) is 2.88. The second-order valence-electron chi connectivity index (χ2n) is 6.93. The quantitative estimate of drug-likeness (QED) is 0.786. The van der Waals surface area contributed by atoms with Crippen LogP contribution in [-0.2, 0) is 11.3 Å². The van der Waals surface area contributed by atoms with Crippen molar-refractivity contribution in [2.45, 2.75) is 38.1 Å². The van der Waals surface area contributed by atoms with Gasteiger partial charge in [-0.2, -0.15) is 0 Å². The minimum atomic E-state index is -0.271. The summed E-state index contributed by atoms with van der Waals surface area (Å²) in [7, 11) is 0. The van der Waals surface area contributed by atoms with E-state index < -0.39 is 0 Å². The summed E-state index contributed by atoms with van der Waals surface area (Å²) in [6, 6.07) is 13.1. The molecule has 3 rings (SSSR count). The Kier molecular flexibility index (Phi) is 6.33. The van der Waals surface area contributed by atoms with Crippen molar-refractivity contribution in [2.75, 3.05) is 13.1 Å². The zero-order chi connectivity index (χ0) is 18.5. The average molecular weight is 373 g/mol. The lowest BCUT2D eigenvalue weighted by molar-refractivity contribution is -0.126. The van der Waals surface area contributed by atoms with Crippen LogP contribution < -0.4 is 5.32 Å². The fraction of sp³-hybridized carbons (Fsp3) is 0.381. The molecule has 1 saturated heterocycles. The molecule has 0 bridgehead atoms. The van der Waals surface area contributed by atoms with Crippen molar-refractivity contribution in [1.82, 2.24) is 9.62 Å². The number of rotatable bonds is 5. The van der Waals surface area contributed by atoms with Crippen LogP contribution >= 0.6 is 11.9 Å². The number of hydrogen-bond acceptors (Lipinski definition) is 3. The van der Waals surface area contributed by atoms with E-state index in [2.05, 4.69) is 41.7 Å². The SMILES string of the molecule is Cc1cc(C)cc(SN2CCC(C(=O)NCc3ccccc3F)CC2)c1. The predicted molar refractivity (Wildman–Crippen MR) is 104 cm³/mol. The summed E-state index contributed by atoms with van der Waals surface area (Å²) in [6.45, 7) is 6.25. The number of nitrogens with one attached hydrogen (secondary N) is 1. The minimum Gasteiger partial charge on any atom is -0.352 e. The highest BCUT2D eigenvalue weighted by Crippen LogP contribution is 2.29. The number of carbonyl (C=O) groups is 1. The monoisotopic (exact) mass is 372 g/mol. The van der Waals surface area contributed by atoms with E-state index in [-0.39, 0.29) is 24.2 Å². The molecular formula is C21H25FN2OS. The first-order valence-corrected chi connectivity index (χ1v) is 9.81. The molecule has 26 heavy (non-hydrogen) atoms. The molecule has 1 heterocycles. The number of hydrogen-bond donors (Lipinski definition) is 1. The van der Waals surface area contributed by atoms with Crippen LogP contribution in [0.25, 0.3) is 0 Å². The molecule has 0 unspecified atom stereocenters. The molecule has 0 atom stereocenters. The van der Waals surface area contributed by atoms with Crippen molar-refractivity contribution in [3.05, 3.63) is 65.0 Å². The van der Waals surface area contributed by atoms with Crippen molar-refractivity contribution in [3.8, 4) is 0 Å². The highest BCUT2D eigenvalue weighted by atomic mass is 32.2. The molecule has 138 valence electrons. The van der Waals surface area contributed by atoms with E-state index in [4.69, 9.17) is 0 Å². The second kappa shape index (κ2) is 8.69. The van der Waals surface area contributed by atoms with Gasteiger partial charge in [0.05, 0.1) is 0 Å². The van der Waals surface area contributed by atoms with Gasteiger partial charge in [-0.15, -0.1) is 0 Å². The van der Waals surface area contributed by atoms with Gasteiger partial charge < -0.3 is 5.32 Å². The van der Waals surface area contributed by atoms with Gasteiger partial charge in [0.1, 0.15) is 5.82 Å². The molecule has 0 aliphatic carbocycles. The highest BCUT2D eigenvalue weighted by Gasteiger charge is 2.25. The lowest BCUT2D eigenvalue weighted by Gasteiger charge is -2.30. The molecule has 5 heteroatoms. The number of halogens is 1. The number of nitrogens with zero attached hydrogens (tertiary/aromatic N) is 1. The molecular weight excluding hydrogens is 347 g/mol. The second-order valence-corrected chi connectivity index (χ2v) is 8.10. The van der Waals surface area contributed by atoms with Crippen LogP contribution in [-0.4, -0.2) is 23.3 Å². The first-order valence-electron chi connectivity index (χ1n) is 9.03. The van der Waals surface area contributed by atoms with Gasteiger partial charge in [-0.1, -0.05) is 24.3 Å². The molecule has 3 nitrogen and oxygen atoms in total. The summed E-state index contributed by atoms with van der Waals surface area (Å²) < 4.78 is 16.0. The maximum atomic E-state index is 13.6. The van der Waals surface area contributed by atoms with Crippen LogP contribution in [0, 0.1) is 25.6 Å². The predicted octanol–water partition coefficient (Wildman–Crippen LogP) is 4.48. The zero-order valence-corrected chi connectivity index (χ0v) is 16.1. The van der Waals surface area contributed by atoms with Crippen LogP contribution in [0.3, 0.4) is 0 Å².